The molecular weight excluding hydrogens is 210 g/mol. The number of aliphatic imine (C=N–C) groups is 1. The summed E-state index contributed by atoms with van der Waals surface area (Å²) in [4.78, 5) is 18.6. The summed E-state index contributed by atoms with van der Waals surface area (Å²) in [6, 6.07) is 7.69. The highest BCUT2D eigenvalue weighted by Gasteiger charge is 2.35. The Bertz CT molecular complexity index is 471. The van der Waals surface area contributed by atoms with Gasteiger partial charge in [-0.3, -0.25) is 4.79 Å². The molecule has 0 fully saturated rings. The van der Waals surface area contributed by atoms with Gasteiger partial charge in [0.2, 0.25) is 5.91 Å². The first kappa shape index (κ1) is 8.79. The van der Waals surface area contributed by atoms with Crippen molar-refractivity contribution in [1.82, 2.24) is 0 Å². The highest BCUT2D eigenvalue weighted by Crippen LogP contribution is 2.42. The van der Waals surface area contributed by atoms with Gasteiger partial charge in [-0.15, -0.1) is 0 Å². The van der Waals surface area contributed by atoms with Gasteiger partial charge in [0.05, 0.1) is 12.2 Å². The summed E-state index contributed by atoms with van der Waals surface area (Å²) in [5, 5.41) is 0.889. The highest BCUT2D eigenvalue weighted by molar-refractivity contribution is 8.14. The summed E-state index contributed by atoms with van der Waals surface area (Å²) in [5.41, 5.74) is 6.37. The minimum absolute atomic E-state index is 0.352. The molecule has 0 aliphatic carbocycles. The third-order valence-corrected chi connectivity index (χ3v) is 3.61. The molecule has 3 rings (SSSR count). The van der Waals surface area contributed by atoms with E-state index in [0.29, 0.717) is 6.54 Å². The van der Waals surface area contributed by atoms with E-state index in [2.05, 4.69) is 16.0 Å². The van der Waals surface area contributed by atoms with Crippen LogP contribution in [0, 0.1) is 0 Å². The van der Waals surface area contributed by atoms with Crippen molar-refractivity contribution in [2.75, 3.05) is 11.4 Å². The SMILES string of the molecule is NC(=O)C1CN2C(=N1)Sc1ccccc12. The number of carbonyl (C=O) groups is 1. The third-order valence-electron chi connectivity index (χ3n) is 2.54. The number of nitrogens with zero attached hydrogens (tertiary/aromatic N) is 2. The number of carbonyl (C=O) groups excluding carboxylic acids is 1. The van der Waals surface area contributed by atoms with Gasteiger partial charge in [-0.2, -0.15) is 0 Å². The number of hydrogen-bond donors (Lipinski definition) is 1. The minimum Gasteiger partial charge on any atom is -0.368 e. The molecule has 5 heteroatoms. The van der Waals surface area contributed by atoms with Gasteiger partial charge in [-0.1, -0.05) is 12.1 Å². The van der Waals surface area contributed by atoms with Gasteiger partial charge in [0.15, 0.2) is 5.17 Å². The van der Waals surface area contributed by atoms with Crippen LogP contribution < -0.4 is 10.6 Å². The second-order valence-electron chi connectivity index (χ2n) is 3.51. The molecule has 1 unspecified atom stereocenters. The van der Waals surface area contributed by atoms with Gasteiger partial charge in [0.1, 0.15) is 6.04 Å². The van der Waals surface area contributed by atoms with Crippen molar-refractivity contribution < 1.29 is 4.79 Å². The average Bonchev–Trinajstić information content (AvgIpc) is 2.73. The maximum Gasteiger partial charge on any atom is 0.244 e. The van der Waals surface area contributed by atoms with Crippen LogP contribution in [0.1, 0.15) is 0 Å². The second-order valence-corrected chi connectivity index (χ2v) is 4.52. The highest BCUT2D eigenvalue weighted by atomic mass is 32.2. The number of fused-ring (bicyclic) bond motifs is 3. The lowest BCUT2D eigenvalue weighted by Crippen LogP contribution is -2.33. The zero-order valence-electron chi connectivity index (χ0n) is 7.88. The molecule has 2 heterocycles. The van der Waals surface area contributed by atoms with E-state index in [-0.39, 0.29) is 11.9 Å². The fourth-order valence-corrected chi connectivity index (χ4v) is 2.89. The molecule has 0 radical (unpaired) electrons. The molecule has 2 aliphatic rings. The van der Waals surface area contributed by atoms with Gasteiger partial charge in [0.25, 0.3) is 0 Å². The lowest BCUT2D eigenvalue weighted by atomic mass is 10.2. The fourth-order valence-electron chi connectivity index (χ4n) is 1.80. The normalized spacial score (nSPS) is 22.3. The zero-order valence-corrected chi connectivity index (χ0v) is 8.70. The molecule has 1 aromatic carbocycles. The van der Waals surface area contributed by atoms with E-state index in [1.807, 2.05) is 18.2 Å². The van der Waals surface area contributed by atoms with Crippen molar-refractivity contribution in [3.8, 4) is 0 Å². The molecule has 15 heavy (non-hydrogen) atoms. The topological polar surface area (TPSA) is 58.7 Å². The number of hydrogen-bond acceptors (Lipinski definition) is 4. The maximum atomic E-state index is 11.0. The van der Waals surface area contributed by atoms with Crippen molar-refractivity contribution in [1.29, 1.82) is 0 Å². The number of amidine groups is 1. The van der Waals surface area contributed by atoms with E-state index in [4.69, 9.17) is 5.73 Å². The molecule has 1 aromatic rings. The Labute approximate surface area is 91.2 Å². The van der Waals surface area contributed by atoms with Crippen LogP contribution >= 0.6 is 11.8 Å². The largest absolute Gasteiger partial charge is 0.368 e. The van der Waals surface area contributed by atoms with Crippen LogP contribution in [0.25, 0.3) is 0 Å². The number of para-hydroxylation sites is 1. The average molecular weight is 219 g/mol. The summed E-state index contributed by atoms with van der Waals surface area (Å²) >= 11 is 1.60. The number of amides is 1. The number of thioether (sulfide) groups is 1. The maximum absolute atomic E-state index is 11.0. The Morgan fingerprint density at radius 3 is 3.13 bits per heavy atom. The smallest absolute Gasteiger partial charge is 0.244 e. The number of rotatable bonds is 1. The van der Waals surface area contributed by atoms with Crippen molar-refractivity contribution in [2.45, 2.75) is 10.9 Å². The second kappa shape index (κ2) is 3.00. The molecule has 1 amide bonds. The third kappa shape index (κ3) is 1.23. The van der Waals surface area contributed by atoms with Crippen molar-refractivity contribution >= 4 is 28.5 Å². The van der Waals surface area contributed by atoms with E-state index in [0.717, 1.165) is 10.9 Å². The summed E-state index contributed by atoms with van der Waals surface area (Å²) in [6.45, 7) is 0.578. The predicted molar refractivity (Wildman–Crippen MR) is 60.1 cm³/mol. The number of anilines is 1. The molecule has 0 aromatic heterocycles. The summed E-state index contributed by atoms with van der Waals surface area (Å²) < 4.78 is 0. The molecule has 2 N–H and O–H groups in total. The molecule has 4 nitrogen and oxygen atoms in total. The minimum atomic E-state index is -0.388. The first-order valence-electron chi connectivity index (χ1n) is 4.67. The van der Waals surface area contributed by atoms with E-state index < -0.39 is 0 Å². The molecule has 76 valence electrons. The van der Waals surface area contributed by atoms with Crippen molar-refractivity contribution in [3.63, 3.8) is 0 Å². The number of primary amides is 1. The Hall–Kier alpha value is -1.49. The predicted octanol–water partition coefficient (Wildman–Crippen LogP) is 0.822. The summed E-state index contributed by atoms with van der Waals surface area (Å²) in [6.07, 6.45) is 0. The molecule has 0 saturated carbocycles. The standard InChI is InChI=1S/C10H9N3OS/c11-9(14)6-5-13-7-3-1-2-4-8(7)15-10(13)12-6/h1-4,6H,5H2,(H2,11,14). The van der Waals surface area contributed by atoms with Crippen LogP contribution in [0.15, 0.2) is 34.2 Å². The molecule has 0 bridgehead atoms. The monoisotopic (exact) mass is 219 g/mol. The summed E-state index contributed by atoms with van der Waals surface area (Å²) in [7, 11) is 0. The quantitative estimate of drug-likeness (QED) is 0.760. The van der Waals surface area contributed by atoms with Gasteiger partial charge in [-0.05, 0) is 23.9 Å². The first-order chi connectivity index (χ1) is 7.25. The van der Waals surface area contributed by atoms with Gasteiger partial charge in [-0.25, -0.2) is 4.99 Å². The fraction of sp³-hybridized carbons (Fsp3) is 0.200. The zero-order chi connectivity index (χ0) is 10.4. The van der Waals surface area contributed by atoms with Gasteiger partial charge < -0.3 is 10.6 Å². The van der Waals surface area contributed by atoms with Crippen LogP contribution in [-0.2, 0) is 4.79 Å². The van der Waals surface area contributed by atoms with E-state index in [1.54, 1.807) is 11.8 Å². The lowest BCUT2D eigenvalue weighted by molar-refractivity contribution is -0.118. The molecular formula is C10H9N3OS. The molecule has 1 atom stereocenters. The Morgan fingerprint density at radius 2 is 2.33 bits per heavy atom. The number of benzene rings is 1. The van der Waals surface area contributed by atoms with E-state index in [1.165, 1.54) is 4.90 Å². The molecule has 0 saturated heterocycles. The number of nitrogens with two attached hydrogens (primary N) is 1. The van der Waals surface area contributed by atoms with Crippen molar-refractivity contribution in [3.05, 3.63) is 24.3 Å². The Morgan fingerprint density at radius 1 is 1.53 bits per heavy atom. The summed E-state index contributed by atoms with van der Waals surface area (Å²) in [5.74, 6) is -0.352. The van der Waals surface area contributed by atoms with Crippen LogP contribution in [-0.4, -0.2) is 23.7 Å². The van der Waals surface area contributed by atoms with Crippen LogP contribution in [0.4, 0.5) is 5.69 Å². The molecule has 0 spiro atoms. The van der Waals surface area contributed by atoms with Gasteiger partial charge in [0, 0.05) is 4.90 Å². The molecule has 2 aliphatic heterocycles. The Kier molecular flexibility index (Phi) is 1.76. The lowest BCUT2D eigenvalue weighted by Gasteiger charge is -2.13. The van der Waals surface area contributed by atoms with Crippen LogP contribution in [0.3, 0.4) is 0 Å². The van der Waals surface area contributed by atoms with Gasteiger partial charge >= 0.3 is 0 Å². The van der Waals surface area contributed by atoms with E-state index >= 15 is 0 Å². The Balaban J connectivity index is 1.98. The van der Waals surface area contributed by atoms with Crippen LogP contribution in [0.2, 0.25) is 0 Å². The van der Waals surface area contributed by atoms with Crippen LogP contribution in [0.5, 0.6) is 0 Å². The van der Waals surface area contributed by atoms with Crippen molar-refractivity contribution in [2.24, 2.45) is 10.7 Å². The first-order valence-corrected chi connectivity index (χ1v) is 5.49. The van der Waals surface area contributed by atoms with E-state index in [9.17, 15) is 4.79 Å².